The Kier molecular flexibility index (Phi) is 4.40. The second-order valence-corrected chi connectivity index (χ2v) is 7.19. The Morgan fingerprint density at radius 2 is 1.84 bits per heavy atom. The second-order valence-electron chi connectivity index (χ2n) is 6.27. The molecule has 0 aliphatic carbocycles. The molecular formula is C20H19BrN4. The van der Waals surface area contributed by atoms with E-state index in [1.807, 2.05) is 37.3 Å². The van der Waals surface area contributed by atoms with Crippen LogP contribution >= 0.6 is 15.9 Å². The summed E-state index contributed by atoms with van der Waals surface area (Å²) in [5, 5.41) is 3.38. The zero-order valence-electron chi connectivity index (χ0n) is 14.0. The van der Waals surface area contributed by atoms with Gasteiger partial charge in [-0.2, -0.15) is 4.98 Å². The summed E-state index contributed by atoms with van der Waals surface area (Å²) in [6.45, 7) is 3.81. The van der Waals surface area contributed by atoms with Crippen molar-refractivity contribution in [1.82, 2.24) is 9.97 Å². The maximum absolute atomic E-state index is 4.74. The Bertz CT molecular complexity index is 910. The summed E-state index contributed by atoms with van der Waals surface area (Å²) in [4.78, 5) is 11.7. The predicted octanol–water partition coefficient (Wildman–Crippen LogP) is 4.85. The second kappa shape index (κ2) is 6.84. The molecule has 0 fully saturated rings. The highest BCUT2D eigenvalue weighted by molar-refractivity contribution is 9.10. The molecule has 0 amide bonds. The van der Waals surface area contributed by atoms with Crippen LogP contribution in [0.2, 0.25) is 0 Å². The van der Waals surface area contributed by atoms with Crippen LogP contribution in [0.1, 0.15) is 16.8 Å². The average molecular weight is 395 g/mol. The molecule has 3 aromatic rings. The summed E-state index contributed by atoms with van der Waals surface area (Å²) in [6, 6.07) is 18.7. The van der Waals surface area contributed by atoms with Crippen LogP contribution in [0.15, 0.2) is 59.1 Å². The Morgan fingerprint density at radius 3 is 2.68 bits per heavy atom. The lowest BCUT2D eigenvalue weighted by molar-refractivity contribution is 0.706. The van der Waals surface area contributed by atoms with Crippen LogP contribution < -0.4 is 10.2 Å². The summed E-state index contributed by atoms with van der Waals surface area (Å²) in [5.41, 5.74) is 4.75. The van der Waals surface area contributed by atoms with E-state index in [-0.39, 0.29) is 0 Å². The van der Waals surface area contributed by atoms with Crippen LogP contribution in [0.5, 0.6) is 0 Å². The molecule has 126 valence electrons. The molecule has 25 heavy (non-hydrogen) atoms. The van der Waals surface area contributed by atoms with Crippen LogP contribution in [0.4, 0.5) is 17.5 Å². The number of hydrogen-bond donors (Lipinski definition) is 1. The van der Waals surface area contributed by atoms with Crippen molar-refractivity contribution in [2.24, 2.45) is 0 Å². The number of nitrogens with one attached hydrogen (secondary N) is 1. The number of hydrogen-bond acceptors (Lipinski definition) is 4. The molecule has 4 rings (SSSR count). The molecule has 1 aliphatic rings. The van der Waals surface area contributed by atoms with Gasteiger partial charge in [-0.05, 0) is 42.7 Å². The molecule has 4 nitrogen and oxygen atoms in total. The maximum Gasteiger partial charge on any atom is 0.227 e. The Balaban J connectivity index is 1.60. The minimum Gasteiger partial charge on any atom is -0.340 e. The molecule has 2 heterocycles. The number of aromatic nitrogens is 2. The van der Waals surface area contributed by atoms with Crippen molar-refractivity contribution >= 4 is 33.4 Å². The number of fused-ring (bicyclic) bond motifs is 1. The molecule has 1 aliphatic heterocycles. The molecule has 0 spiro atoms. The molecule has 0 unspecified atom stereocenters. The van der Waals surface area contributed by atoms with E-state index in [1.165, 1.54) is 11.1 Å². The van der Waals surface area contributed by atoms with Crippen LogP contribution in [0.25, 0.3) is 0 Å². The maximum atomic E-state index is 4.74. The van der Waals surface area contributed by atoms with E-state index >= 15 is 0 Å². The zero-order chi connectivity index (χ0) is 17.2. The molecule has 5 heteroatoms. The first-order chi connectivity index (χ1) is 12.2. The molecule has 1 N–H and O–H groups in total. The van der Waals surface area contributed by atoms with E-state index in [4.69, 9.17) is 4.98 Å². The van der Waals surface area contributed by atoms with Gasteiger partial charge in [0.15, 0.2) is 0 Å². The largest absolute Gasteiger partial charge is 0.340 e. The van der Waals surface area contributed by atoms with Crippen LogP contribution in [-0.2, 0) is 13.0 Å². The monoisotopic (exact) mass is 394 g/mol. The van der Waals surface area contributed by atoms with Crippen molar-refractivity contribution in [1.29, 1.82) is 0 Å². The molecule has 0 atom stereocenters. The van der Waals surface area contributed by atoms with Crippen LogP contribution in [0, 0.1) is 6.92 Å². The van der Waals surface area contributed by atoms with Gasteiger partial charge in [-0.1, -0.05) is 46.3 Å². The first-order valence-corrected chi connectivity index (χ1v) is 9.17. The van der Waals surface area contributed by atoms with Crippen molar-refractivity contribution < 1.29 is 0 Å². The smallest absolute Gasteiger partial charge is 0.227 e. The van der Waals surface area contributed by atoms with Gasteiger partial charge >= 0.3 is 0 Å². The SMILES string of the molecule is Cc1cc(Nc2cccc(Br)c2)nc(N2CCc3ccccc3C2)n1. The predicted molar refractivity (Wildman–Crippen MR) is 105 cm³/mol. The van der Waals surface area contributed by atoms with Crippen molar-refractivity contribution in [3.8, 4) is 0 Å². The van der Waals surface area contributed by atoms with Gasteiger partial charge in [-0.25, -0.2) is 4.98 Å². The highest BCUT2D eigenvalue weighted by Gasteiger charge is 2.18. The molecule has 1 aromatic heterocycles. The van der Waals surface area contributed by atoms with Gasteiger partial charge in [0.2, 0.25) is 5.95 Å². The lowest BCUT2D eigenvalue weighted by atomic mass is 10.0. The van der Waals surface area contributed by atoms with E-state index < -0.39 is 0 Å². The molecule has 0 bridgehead atoms. The third-order valence-corrected chi connectivity index (χ3v) is 4.85. The minimum atomic E-state index is 0.784. The van der Waals surface area contributed by atoms with Gasteiger partial charge in [0, 0.05) is 35.0 Å². The number of anilines is 3. The van der Waals surface area contributed by atoms with Crippen molar-refractivity contribution in [3.63, 3.8) is 0 Å². The lowest BCUT2D eigenvalue weighted by Gasteiger charge is -2.29. The van der Waals surface area contributed by atoms with E-state index in [9.17, 15) is 0 Å². The Hall–Kier alpha value is -2.40. The minimum absolute atomic E-state index is 0.784. The summed E-state index contributed by atoms with van der Waals surface area (Å²) in [5.74, 6) is 1.60. The first-order valence-electron chi connectivity index (χ1n) is 8.37. The van der Waals surface area contributed by atoms with Crippen LogP contribution in [-0.4, -0.2) is 16.5 Å². The summed E-state index contributed by atoms with van der Waals surface area (Å²) >= 11 is 3.50. The van der Waals surface area contributed by atoms with Gasteiger partial charge in [0.25, 0.3) is 0 Å². The van der Waals surface area contributed by atoms with Gasteiger partial charge in [0.05, 0.1) is 0 Å². The van der Waals surface area contributed by atoms with E-state index in [2.05, 4.69) is 55.4 Å². The fourth-order valence-electron chi connectivity index (χ4n) is 3.14. The van der Waals surface area contributed by atoms with Crippen molar-refractivity contribution in [2.75, 3.05) is 16.8 Å². The van der Waals surface area contributed by atoms with Gasteiger partial charge in [0.1, 0.15) is 5.82 Å². The zero-order valence-corrected chi connectivity index (χ0v) is 15.6. The molecular weight excluding hydrogens is 376 g/mol. The summed E-state index contributed by atoms with van der Waals surface area (Å²) in [6.07, 6.45) is 1.03. The molecule has 0 saturated heterocycles. The Labute approximate surface area is 156 Å². The van der Waals surface area contributed by atoms with Gasteiger partial charge in [-0.3, -0.25) is 0 Å². The first kappa shape index (κ1) is 16.1. The van der Waals surface area contributed by atoms with E-state index in [0.29, 0.717) is 0 Å². The number of halogens is 1. The van der Waals surface area contributed by atoms with E-state index in [0.717, 1.165) is 47.1 Å². The quantitative estimate of drug-likeness (QED) is 0.688. The number of aryl methyl sites for hydroxylation is 1. The third-order valence-electron chi connectivity index (χ3n) is 4.35. The van der Waals surface area contributed by atoms with Crippen molar-refractivity contribution in [2.45, 2.75) is 19.9 Å². The van der Waals surface area contributed by atoms with Crippen LogP contribution in [0.3, 0.4) is 0 Å². The van der Waals surface area contributed by atoms with Gasteiger partial charge < -0.3 is 10.2 Å². The Morgan fingerprint density at radius 1 is 1.00 bits per heavy atom. The topological polar surface area (TPSA) is 41.1 Å². The molecule has 0 saturated carbocycles. The highest BCUT2D eigenvalue weighted by atomic mass is 79.9. The highest BCUT2D eigenvalue weighted by Crippen LogP contribution is 2.25. The lowest BCUT2D eigenvalue weighted by Crippen LogP contribution is -2.32. The number of nitrogens with zero attached hydrogens (tertiary/aromatic N) is 3. The normalized spacial score (nSPS) is 13.4. The van der Waals surface area contributed by atoms with Crippen molar-refractivity contribution in [3.05, 3.63) is 75.9 Å². The fraction of sp³-hybridized carbons (Fsp3) is 0.200. The average Bonchev–Trinajstić information content (AvgIpc) is 2.61. The third kappa shape index (κ3) is 3.66. The standard InChI is InChI=1S/C20H19BrN4/c1-14-11-19(23-18-8-4-7-17(21)12-18)24-20(22-14)25-10-9-15-5-2-3-6-16(15)13-25/h2-8,11-12H,9-10,13H2,1H3,(H,22,23,24). The summed E-state index contributed by atoms with van der Waals surface area (Å²) < 4.78 is 1.04. The molecule has 2 aromatic carbocycles. The van der Waals surface area contributed by atoms with Gasteiger partial charge in [-0.15, -0.1) is 0 Å². The van der Waals surface area contributed by atoms with E-state index in [1.54, 1.807) is 0 Å². The fourth-order valence-corrected chi connectivity index (χ4v) is 3.54. The molecule has 0 radical (unpaired) electrons. The summed E-state index contributed by atoms with van der Waals surface area (Å²) in [7, 11) is 0. The number of rotatable bonds is 3. The number of benzene rings is 2.